The first-order valence-corrected chi connectivity index (χ1v) is 12.5. The number of aromatic nitrogens is 1. The smallest absolute Gasteiger partial charge is 0.336 e. The molecule has 0 saturated carbocycles. The zero-order chi connectivity index (χ0) is 24.9. The minimum Gasteiger partial charge on any atom is -0.336 e. The predicted octanol–water partition coefficient (Wildman–Crippen LogP) is 6.42. The van der Waals surface area contributed by atoms with E-state index < -0.39 is 0 Å². The summed E-state index contributed by atoms with van der Waals surface area (Å²) in [5, 5.41) is 0. The highest BCUT2D eigenvalue weighted by molar-refractivity contribution is 6.85. The summed E-state index contributed by atoms with van der Waals surface area (Å²) in [5.41, 5.74) is 10.3. The minimum atomic E-state index is -0.00359. The van der Waals surface area contributed by atoms with Gasteiger partial charge in [0.25, 0.3) is 5.82 Å². The van der Waals surface area contributed by atoms with E-state index in [2.05, 4.69) is 148 Å². The first-order valence-electron chi connectivity index (χ1n) is 12.5. The van der Waals surface area contributed by atoms with Crippen molar-refractivity contribution in [1.82, 2.24) is 0 Å². The Morgan fingerprint density at radius 2 is 1.34 bits per heavy atom. The number of fused-ring (bicyclic) bond motifs is 1. The molecule has 0 N–H and O–H groups in total. The highest BCUT2D eigenvalue weighted by Gasteiger charge is 2.53. The van der Waals surface area contributed by atoms with Gasteiger partial charge in [-0.3, -0.25) is 4.81 Å². The molecule has 1 aromatic heterocycles. The highest BCUT2D eigenvalue weighted by atomic mass is 15.3. The molecular formula is C31H35BN3+. The second kappa shape index (κ2) is 8.60. The molecule has 5 rings (SSSR count). The largest absolute Gasteiger partial charge is 0.542 e. The van der Waals surface area contributed by atoms with Crippen LogP contribution in [0.2, 0.25) is 0 Å². The summed E-state index contributed by atoms with van der Waals surface area (Å²) >= 11 is 0. The quantitative estimate of drug-likeness (QED) is 0.258. The lowest BCUT2D eigenvalue weighted by Gasteiger charge is -2.28. The van der Waals surface area contributed by atoms with E-state index in [-0.39, 0.29) is 12.4 Å². The molecule has 3 aromatic carbocycles. The second-order valence-electron chi connectivity index (χ2n) is 10.8. The van der Waals surface area contributed by atoms with Crippen LogP contribution < -0.4 is 19.7 Å². The molecule has 1 aliphatic heterocycles. The molecule has 2 heterocycles. The Labute approximate surface area is 210 Å². The SMILES string of the molecule is Cc1cccc(C)c1B1N(c2ccccc2)c2cccc(C)c2N1c1cc(C(C)(C)C)cc[n+]1C. The molecule has 0 fully saturated rings. The molecule has 176 valence electrons. The third-order valence-corrected chi connectivity index (χ3v) is 7.28. The van der Waals surface area contributed by atoms with E-state index in [0.29, 0.717) is 0 Å². The highest BCUT2D eigenvalue weighted by Crippen LogP contribution is 2.47. The van der Waals surface area contributed by atoms with Crippen LogP contribution in [0.25, 0.3) is 0 Å². The monoisotopic (exact) mass is 460 g/mol. The third kappa shape index (κ3) is 3.91. The van der Waals surface area contributed by atoms with Gasteiger partial charge < -0.3 is 4.81 Å². The van der Waals surface area contributed by atoms with Gasteiger partial charge in [-0.05, 0) is 72.7 Å². The Hall–Kier alpha value is -3.53. The summed E-state index contributed by atoms with van der Waals surface area (Å²) in [6, 6.07) is 28.8. The fourth-order valence-electron chi connectivity index (χ4n) is 5.39. The Bertz CT molecular complexity index is 1370. The Morgan fingerprint density at radius 3 is 2.00 bits per heavy atom. The van der Waals surface area contributed by atoms with Gasteiger partial charge in [0.05, 0.1) is 18.9 Å². The van der Waals surface area contributed by atoms with Gasteiger partial charge in [-0.15, -0.1) is 0 Å². The molecule has 0 atom stereocenters. The van der Waals surface area contributed by atoms with Crippen LogP contribution in [0.3, 0.4) is 0 Å². The van der Waals surface area contributed by atoms with Crippen molar-refractivity contribution in [2.24, 2.45) is 7.05 Å². The number of rotatable bonds is 3. The molecule has 0 spiro atoms. The van der Waals surface area contributed by atoms with E-state index in [1.165, 1.54) is 50.6 Å². The molecule has 0 amide bonds. The minimum absolute atomic E-state index is 0.00359. The summed E-state index contributed by atoms with van der Waals surface area (Å²) in [4.78, 5) is 5.07. The van der Waals surface area contributed by atoms with Gasteiger partial charge in [-0.25, -0.2) is 4.57 Å². The van der Waals surface area contributed by atoms with Crippen LogP contribution in [0.15, 0.2) is 85.1 Å². The predicted molar refractivity (Wildman–Crippen MR) is 150 cm³/mol. The van der Waals surface area contributed by atoms with Crippen LogP contribution in [-0.2, 0) is 12.5 Å². The molecular weight excluding hydrogens is 425 g/mol. The van der Waals surface area contributed by atoms with Crippen molar-refractivity contribution in [3.8, 4) is 0 Å². The van der Waals surface area contributed by atoms with E-state index in [4.69, 9.17) is 0 Å². The molecule has 1 aliphatic rings. The molecule has 0 radical (unpaired) electrons. The number of hydrogen-bond acceptors (Lipinski definition) is 2. The summed E-state index contributed by atoms with van der Waals surface area (Å²) < 4.78 is 2.26. The van der Waals surface area contributed by atoms with Crippen LogP contribution in [0.4, 0.5) is 22.9 Å². The van der Waals surface area contributed by atoms with Crippen molar-refractivity contribution >= 4 is 35.3 Å². The third-order valence-electron chi connectivity index (χ3n) is 7.28. The van der Waals surface area contributed by atoms with Crippen molar-refractivity contribution in [2.45, 2.75) is 47.0 Å². The van der Waals surface area contributed by atoms with Crippen LogP contribution in [0.1, 0.15) is 43.0 Å². The van der Waals surface area contributed by atoms with Gasteiger partial charge >= 0.3 is 6.98 Å². The van der Waals surface area contributed by atoms with Crippen LogP contribution in [0, 0.1) is 20.8 Å². The number of hydrogen-bond donors (Lipinski definition) is 0. The zero-order valence-electron chi connectivity index (χ0n) is 22.0. The van der Waals surface area contributed by atoms with Crippen molar-refractivity contribution in [3.05, 3.63) is 107 Å². The Morgan fingerprint density at radius 1 is 0.714 bits per heavy atom. The maximum atomic E-state index is 2.56. The number of aryl methyl sites for hydroxylation is 4. The first kappa shape index (κ1) is 23.2. The van der Waals surface area contributed by atoms with Crippen LogP contribution >= 0.6 is 0 Å². The summed E-state index contributed by atoms with van der Waals surface area (Å²) in [6.45, 7) is 13.6. The number of para-hydroxylation sites is 2. The van der Waals surface area contributed by atoms with E-state index in [1.807, 2.05) is 0 Å². The molecule has 4 heteroatoms. The van der Waals surface area contributed by atoms with Gasteiger partial charge in [0.15, 0.2) is 0 Å². The van der Waals surface area contributed by atoms with Crippen molar-refractivity contribution < 1.29 is 4.57 Å². The lowest BCUT2D eigenvalue weighted by molar-refractivity contribution is -0.658. The molecule has 0 saturated heterocycles. The number of anilines is 4. The number of nitrogens with zero attached hydrogens (tertiary/aromatic N) is 3. The average Bonchev–Trinajstić information content (AvgIpc) is 3.15. The standard InChI is InChI=1S/C31H35BN3/c1-22-13-11-14-23(2)29(22)32-34(26-16-9-8-10-17-26)27-18-12-15-24(3)30(27)35(32)28-21-25(31(4,5)6)19-20-33(28)7/h8-21H,1-7H3/q+1. The molecule has 0 aliphatic carbocycles. The molecule has 0 unspecified atom stereocenters. The molecule has 4 aromatic rings. The fourth-order valence-corrected chi connectivity index (χ4v) is 5.39. The van der Waals surface area contributed by atoms with Crippen molar-refractivity contribution in [3.63, 3.8) is 0 Å². The van der Waals surface area contributed by atoms with Crippen molar-refractivity contribution in [2.75, 3.05) is 9.62 Å². The van der Waals surface area contributed by atoms with Gasteiger partial charge in [-0.2, -0.15) is 0 Å². The van der Waals surface area contributed by atoms with Gasteiger partial charge in [0, 0.05) is 17.2 Å². The maximum absolute atomic E-state index is 2.56. The summed E-state index contributed by atoms with van der Waals surface area (Å²) in [6.07, 6.45) is 2.21. The van der Waals surface area contributed by atoms with Gasteiger partial charge in [0.2, 0.25) is 0 Å². The summed E-state index contributed by atoms with van der Waals surface area (Å²) in [5.74, 6) is 1.19. The number of pyridine rings is 1. The maximum Gasteiger partial charge on any atom is 0.542 e. The van der Waals surface area contributed by atoms with E-state index in [0.717, 1.165) is 0 Å². The van der Waals surface area contributed by atoms with Gasteiger partial charge in [0.1, 0.15) is 5.69 Å². The Balaban J connectivity index is 1.87. The number of benzene rings is 3. The van der Waals surface area contributed by atoms with Crippen LogP contribution in [0.5, 0.6) is 0 Å². The zero-order valence-corrected chi connectivity index (χ0v) is 22.0. The lowest BCUT2D eigenvalue weighted by Crippen LogP contribution is -2.57. The Kier molecular flexibility index (Phi) is 5.71. The topological polar surface area (TPSA) is 10.4 Å². The first-order chi connectivity index (χ1) is 16.7. The summed E-state index contributed by atoms with van der Waals surface area (Å²) in [7, 11) is 2.16. The normalized spacial score (nSPS) is 13.4. The molecule has 0 bridgehead atoms. The van der Waals surface area contributed by atoms with Gasteiger partial charge in [-0.1, -0.05) is 69.3 Å². The average molecular weight is 460 g/mol. The van der Waals surface area contributed by atoms with E-state index >= 15 is 0 Å². The lowest BCUT2D eigenvalue weighted by atomic mass is 9.61. The fraction of sp³-hybridized carbons (Fsp3) is 0.258. The van der Waals surface area contributed by atoms with E-state index in [9.17, 15) is 0 Å². The van der Waals surface area contributed by atoms with Crippen molar-refractivity contribution in [1.29, 1.82) is 0 Å². The molecule has 3 nitrogen and oxygen atoms in total. The van der Waals surface area contributed by atoms with Crippen LogP contribution in [-0.4, -0.2) is 6.98 Å². The second-order valence-corrected chi connectivity index (χ2v) is 10.8. The van der Waals surface area contributed by atoms with E-state index in [1.54, 1.807) is 0 Å². The molecule has 35 heavy (non-hydrogen) atoms.